The number of esters is 2. The Bertz CT molecular complexity index is 1450. The van der Waals surface area contributed by atoms with Gasteiger partial charge >= 0.3 is 11.9 Å². The highest BCUT2D eigenvalue weighted by Gasteiger charge is 2.24. The Hall–Kier alpha value is -4.44. The Morgan fingerprint density at radius 2 is 0.690 bits per heavy atom. The summed E-state index contributed by atoms with van der Waals surface area (Å²) in [6.07, 6.45) is 0. The van der Waals surface area contributed by atoms with Crippen LogP contribution < -0.4 is 0 Å². The third-order valence-corrected chi connectivity index (χ3v) is 7.20. The van der Waals surface area contributed by atoms with Crippen molar-refractivity contribution in [2.75, 3.05) is 0 Å². The van der Waals surface area contributed by atoms with Crippen molar-refractivity contribution in [1.29, 1.82) is 0 Å². The van der Waals surface area contributed by atoms with Gasteiger partial charge in [-0.15, -0.1) is 0 Å². The van der Waals surface area contributed by atoms with Gasteiger partial charge in [0.05, 0.1) is 11.1 Å². The van der Waals surface area contributed by atoms with E-state index in [-0.39, 0.29) is 22.3 Å². The van der Waals surface area contributed by atoms with Crippen LogP contribution in [0.25, 0.3) is 11.5 Å². The second-order valence-corrected chi connectivity index (χ2v) is 12.8. The molecule has 216 valence electrons. The summed E-state index contributed by atoms with van der Waals surface area (Å²) in [4.78, 5) is 27.0. The maximum absolute atomic E-state index is 13.5. The van der Waals surface area contributed by atoms with Gasteiger partial charge in [0.15, 0.2) is 11.5 Å². The molecule has 0 amide bonds. The zero-order valence-corrected chi connectivity index (χ0v) is 25.9. The molecule has 0 bridgehead atoms. The Labute approximate surface area is 250 Å². The summed E-state index contributed by atoms with van der Waals surface area (Å²) in [5.74, 6) is -0.741. The highest BCUT2D eigenvalue weighted by atomic mass is 16.6. The lowest BCUT2D eigenvalue weighted by molar-refractivity contribution is 0.0646. The monoisotopic (exact) mass is 560 g/mol. The average molecular weight is 561 g/mol. The van der Waals surface area contributed by atoms with Crippen molar-refractivity contribution in [2.45, 2.75) is 66.2 Å². The maximum Gasteiger partial charge on any atom is 0.343 e. The van der Waals surface area contributed by atoms with E-state index in [2.05, 4.69) is 41.5 Å². The Balaban J connectivity index is 1.90. The highest BCUT2D eigenvalue weighted by Crippen LogP contribution is 2.33. The molecule has 42 heavy (non-hydrogen) atoms. The topological polar surface area (TPSA) is 52.6 Å². The molecule has 0 saturated carbocycles. The summed E-state index contributed by atoms with van der Waals surface area (Å²) < 4.78 is 12.2. The fraction of sp³-hybridized carbons (Fsp3) is 0.263. The molecule has 4 aromatic rings. The van der Waals surface area contributed by atoms with Crippen molar-refractivity contribution in [2.24, 2.45) is 0 Å². The van der Waals surface area contributed by atoms with E-state index < -0.39 is 11.9 Å². The molecular weight excluding hydrogens is 520 g/mol. The smallest absolute Gasteiger partial charge is 0.343 e. The third-order valence-electron chi connectivity index (χ3n) is 7.20. The van der Waals surface area contributed by atoms with Crippen LogP contribution >= 0.6 is 0 Å². The largest absolute Gasteiger partial charge is 0.418 e. The van der Waals surface area contributed by atoms with Crippen LogP contribution in [0.15, 0.2) is 97.1 Å². The summed E-state index contributed by atoms with van der Waals surface area (Å²) in [7, 11) is 0. The first-order valence-electron chi connectivity index (χ1n) is 14.3. The van der Waals surface area contributed by atoms with Gasteiger partial charge < -0.3 is 9.47 Å². The van der Waals surface area contributed by atoms with Crippen LogP contribution in [-0.4, -0.2) is 11.9 Å². The van der Waals surface area contributed by atoms with Gasteiger partial charge in [0.1, 0.15) is 0 Å². The van der Waals surface area contributed by atoms with E-state index in [9.17, 15) is 9.59 Å². The minimum absolute atomic E-state index is 0.0650. The molecule has 0 fully saturated rings. The lowest BCUT2D eigenvalue weighted by Gasteiger charge is -2.21. The molecular formula is C38H40O4. The van der Waals surface area contributed by atoms with Crippen molar-refractivity contribution in [3.05, 3.63) is 142 Å². The molecule has 4 aromatic carbocycles. The van der Waals surface area contributed by atoms with Gasteiger partial charge in [0.2, 0.25) is 0 Å². The van der Waals surface area contributed by atoms with Crippen molar-refractivity contribution < 1.29 is 19.1 Å². The molecule has 0 atom stereocenters. The van der Waals surface area contributed by atoms with Gasteiger partial charge in [0.25, 0.3) is 0 Å². The SMILES string of the molecule is Cc1ccc(C(=O)O/C(=C(/OC(=O)c2ccc(C)cc2)c2ccc(C(C)(C)C)cc2)c2ccc(C(C)(C)C)cc2)cc1. The van der Waals surface area contributed by atoms with E-state index in [1.807, 2.05) is 86.6 Å². The first-order valence-corrected chi connectivity index (χ1v) is 14.3. The number of hydrogen-bond acceptors (Lipinski definition) is 4. The quantitative estimate of drug-likeness (QED) is 0.134. The maximum atomic E-state index is 13.5. The lowest BCUT2D eigenvalue weighted by atomic mass is 9.86. The van der Waals surface area contributed by atoms with E-state index in [0.29, 0.717) is 22.3 Å². The summed E-state index contributed by atoms with van der Waals surface area (Å²) in [6.45, 7) is 16.8. The molecule has 0 saturated heterocycles. The van der Waals surface area contributed by atoms with Gasteiger partial charge in [-0.25, -0.2) is 9.59 Å². The van der Waals surface area contributed by atoms with Crippen LogP contribution in [-0.2, 0) is 20.3 Å². The number of ether oxygens (including phenoxy) is 2. The second kappa shape index (κ2) is 12.2. The van der Waals surface area contributed by atoms with E-state index in [1.165, 1.54) is 0 Å². The second-order valence-electron chi connectivity index (χ2n) is 12.8. The van der Waals surface area contributed by atoms with Gasteiger partial charge in [0, 0.05) is 11.1 Å². The van der Waals surface area contributed by atoms with Crippen LogP contribution in [0.1, 0.15) is 95.6 Å². The predicted molar refractivity (Wildman–Crippen MR) is 170 cm³/mol. The van der Waals surface area contributed by atoms with Crippen molar-refractivity contribution in [1.82, 2.24) is 0 Å². The Kier molecular flexibility index (Phi) is 8.86. The molecule has 0 aliphatic carbocycles. The fourth-order valence-corrected chi connectivity index (χ4v) is 4.40. The molecule has 4 rings (SSSR count). The molecule has 0 aromatic heterocycles. The molecule has 0 aliphatic rings. The van der Waals surface area contributed by atoms with Crippen LogP contribution in [0.4, 0.5) is 0 Å². The predicted octanol–water partition coefficient (Wildman–Crippen LogP) is 9.44. The Morgan fingerprint density at radius 1 is 0.429 bits per heavy atom. The number of carbonyl (C=O) groups is 2. The summed E-state index contributed by atoms with van der Waals surface area (Å²) in [6, 6.07) is 30.0. The van der Waals surface area contributed by atoms with Crippen molar-refractivity contribution in [3.8, 4) is 0 Å². The van der Waals surface area contributed by atoms with Crippen LogP contribution in [0, 0.1) is 13.8 Å². The molecule has 0 unspecified atom stereocenters. The number of hydrogen-bond donors (Lipinski definition) is 0. The van der Waals surface area contributed by atoms with E-state index in [1.54, 1.807) is 24.3 Å². The van der Waals surface area contributed by atoms with E-state index in [0.717, 1.165) is 22.3 Å². The van der Waals surface area contributed by atoms with Crippen LogP contribution in [0.5, 0.6) is 0 Å². The first-order chi connectivity index (χ1) is 19.7. The zero-order valence-electron chi connectivity index (χ0n) is 25.9. The van der Waals surface area contributed by atoms with Gasteiger partial charge in [-0.1, -0.05) is 125 Å². The zero-order chi connectivity index (χ0) is 30.7. The number of benzene rings is 4. The standard InChI is InChI=1S/C38H40O4/c1-25-9-13-29(14-10-25)35(39)41-33(27-17-21-31(22-18-27)37(3,4)5)34(28-19-23-32(24-20-28)38(6,7)8)42-36(40)30-15-11-26(2)12-16-30/h9-24H,1-8H3/b34-33+. The molecule has 4 heteroatoms. The Morgan fingerprint density at radius 3 is 0.952 bits per heavy atom. The third kappa shape index (κ3) is 7.44. The number of carbonyl (C=O) groups excluding carboxylic acids is 2. The average Bonchev–Trinajstić information content (AvgIpc) is 2.94. The van der Waals surface area contributed by atoms with Crippen LogP contribution in [0.3, 0.4) is 0 Å². The van der Waals surface area contributed by atoms with Crippen molar-refractivity contribution >= 4 is 23.5 Å². The summed E-state index contributed by atoms with van der Waals surface area (Å²) in [5, 5.41) is 0. The van der Waals surface area contributed by atoms with Gasteiger partial charge in [-0.05, 0) is 60.1 Å². The molecule has 0 N–H and O–H groups in total. The number of aryl methyl sites for hydroxylation is 2. The van der Waals surface area contributed by atoms with Crippen molar-refractivity contribution in [3.63, 3.8) is 0 Å². The van der Waals surface area contributed by atoms with E-state index in [4.69, 9.17) is 9.47 Å². The minimum Gasteiger partial charge on any atom is -0.418 e. The molecule has 4 nitrogen and oxygen atoms in total. The summed E-state index contributed by atoms with van der Waals surface area (Å²) >= 11 is 0. The normalized spacial score (nSPS) is 12.4. The molecule has 0 spiro atoms. The minimum atomic E-state index is -0.542. The highest BCUT2D eigenvalue weighted by molar-refractivity contribution is 6.00. The van der Waals surface area contributed by atoms with Gasteiger partial charge in [-0.3, -0.25) is 0 Å². The fourth-order valence-electron chi connectivity index (χ4n) is 4.40. The molecule has 0 aliphatic heterocycles. The van der Waals surface area contributed by atoms with Gasteiger partial charge in [-0.2, -0.15) is 0 Å². The summed E-state index contributed by atoms with van der Waals surface area (Å²) in [5.41, 5.74) is 6.23. The number of rotatable bonds is 6. The van der Waals surface area contributed by atoms with Crippen LogP contribution in [0.2, 0.25) is 0 Å². The molecule has 0 radical (unpaired) electrons. The lowest BCUT2D eigenvalue weighted by Crippen LogP contribution is -2.13. The first kappa shape index (κ1) is 30.5. The van der Waals surface area contributed by atoms with E-state index >= 15 is 0 Å². The molecule has 0 heterocycles.